The molecule has 2 rings (SSSR count). The van der Waals surface area contributed by atoms with Crippen LogP contribution in [-0.4, -0.2) is 28.5 Å². The lowest BCUT2D eigenvalue weighted by Crippen LogP contribution is -2.17. The number of aliphatic hydroxyl groups is 1. The SMILES string of the molecule is COc1cccc(Cc2noc(CC(O)C(C)C)n2)c1. The number of hydrogen-bond donors (Lipinski definition) is 1. The third-order valence-corrected chi connectivity index (χ3v) is 3.16. The summed E-state index contributed by atoms with van der Waals surface area (Å²) in [6.45, 7) is 3.91. The molecule has 1 unspecified atom stereocenters. The van der Waals surface area contributed by atoms with Crippen molar-refractivity contribution < 1.29 is 14.4 Å². The van der Waals surface area contributed by atoms with Crippen molar-refractivity contribution >= 4 is 0 Å². The van der Waals surface area contributed by atoms with Gasteiger partial charge in [0.15, 0.2) is 5.82 Å². The highest BCUT2D eigenvalue weighted by Gasteiger charge is 2.15. The Labute approximate surface area is 118 Å². The van der Waals surface area contributed by atoms with E-state index in [-0.39, 0.29) is 5.92 Å². The second kappa shape index (κ2) is 6.52. The molecule has 1 atom stereocenters. The van der Waals surface area contributed by atoms with Crippen LogP contribution in [0.25, 0.3) is 0 Å². The van der Waals surface area contributed by atoms with Crippen LogP contribution in [-0.2, 0) is 12.8 Å². The quantitative estimate of drug-likeness (QED) is 0.876. The van der Waals surface area contributed by atoms with E-state index in [1.807, 2.05) is 38.1 Å². The maximum absolute atomic E-state index is 9.80. The molecule has 2 aromatic rings. The summed E-state index contributed by atoms with van der Waals surface area (Å²) in [6.07, 6.45) is 0.515. The van der Waals surface area contributed by atoms with Crippen LogP contribution >= 0.6 is 0 Å². The van der Waals surface area contributed by atoms with Gasteiger partial charge in [-0.05, 0) is 23.6 Å². The van der Waals surface area contributed by atoms with Gasteiger partial charge < -0.3 is 14.4 Å². The van der Waals surface area contributed by atoms with Crippen LogP contribution in [0.4, 0.5) is 0 Å². The maximum Gasteiger partial charge on any atom is 0.229 e. The Hall–Kier alpha value is -1.88. The van der Waals surface area contributed by atoms with E-state index in [0.29, 0.717) is 24.6 Å². The first kappa shape index (κ1) is 14.5. The van der Waals surface area contributed by atoms with Gasteiger partial charge in [-0.15, -0.1) is 0 Å². The highest BCUT2D eigenvalue weighted by Crippen LogP contribution is 2.15. The smallest absolute Gasteiger partial charge is 0.229 e. The van der Waals surface area contributed by atoms with Crippen molar-refractivity contribution in [1.29, 1.82) is 0 Å². The lowest BCUT2D eigenvalue weighted by Gasteiger charge is -2.10. The lowest BCUT2D eigenvalue weighted by atomic mass is 10.0. The Morgan fingerprint density at radius 3 is 2.85 bits per heavy atom. The third kappa shape index (κ3) is 3.81. The molecule has 0 radical (unpaired) electrons. The van der Waals surface area contributed by atoms with Crippen LogP contribution < -0.4 is 4.74 Å². The average molecular weight is 276 g/mol. The molecule has 1 heterocycles. The van der Waals surface area contributed by atoms with Gasteiger partial charge in [-0.2, -0.15) is 4.98 Å². The molecule has 5 nitrogen and oxygen atoms in total. The Bertz CT molecular complexity index is 552. The third-order valence-electron chi connectivity index (χ3n) is 3.16. The van der Waals surface area contributed by atoms with Crippen LogP contribution in [0.2, 0.25) is 0 Å². The van der Waals surface area contributed by atoms with Gasteiger partial charge in [0.2, 0.25) is 5.89 Å². The molecular formula is C15H20N2O3. The first-order valence-electron chi connectivity index (χ1n) is 6.71. The predicted molar refractivity (Wildman–Crippen MR) is 74.6 cm³/mol. The summed E-state index contributed by atoms with van der Waals surface area (Å²) in [5.74, 6) is 2.07. The molecule has 5 heteroatoms. The lowest BCUT2D eigenvalue weighted by molar-refractivity contribution is 0.116. The second-order valence-corrected chi connectivity index (χ2v) is 5.15. The minimum atomic E-state index is -0.458. The van der Waals surface area contributed by atoms with Gasteiger partial charge in [-0.25, -0.2) is 0 Å². The van der Waals surface area contributed by atoms with Gasteiger partial charge in [-0.3, -0.25) is 0 Å². The van der Waals surface area contributed by atoms with Gasteiger partial charge in [0.25, 0.3) is 0 Å². The fraction of sp³-hybridized carbons (Fsp3) is 0.467. The minimum Gasteiger partial charge on any atom is -0.497 e. The van der Waals surface area contributed by atoms with E-state index in [2.05, 4.69) is 10.1 Å². The zero-order chi connectivity index (χ0) is 14.5. The predicted octanol–water partition coefficient (Wildman–Crippen LogP) is 2.23. The van der Waals surface area contributed by atoms with E-state index in [9.17, 15) is 5.11 Å². The number of ether oxygens (including phenoxy) is 1. The van der Waals surface area contributed by atoms with Crippen LogP contribution in [0.3, 0.4) is 0 Å². The van der Waals surface area contributed by atoms with E-state index in [4.69, 9.17) is 9.26 Å². The van der Waals surface area contributed by atoms with Gasteiger partial charge in [0.1, 0.15) is 5.75 Å². The number of rotatable bonds is 6. The Morgan fingerprint density at radius 1 is 1.35 bits per heavy atom. The standard InChI is InChI=1S/C15H20N2O3/c1-10(2)13(18)9-15-16-14(17-20-15)8-11-5-4-6-12(7-11)19-3/h4-7,10,13,18H,8-9H2,1-3H3. The largest absolute Gasteiger partial charge is 0.497 e. The van der Waals surface area contributed by atoms with Crippen molar-refractivity contribution in [2.45, 2.75) is 32.8 Å². The zero-order valence-electron chi connectivity index (χ0n) is 12.0. The minimum absolute atomic E-state index is 0.170. The number of aromatic nitrogens is 2. The summed E-state index contributed by atoms with van der Waals surface area (Å²) in [6, 6.07) is 7.75. The van der Waals surface area contributed by atoms with E-state index in [0.717, 1.165) is 11.3 Å². The Morgan fingerprint density at radius 2 is 2.15 bits per heavy atom. The molecule has 0 amide bonds. The van der Waals surface area contributed by atoms with E-state index in [1.165, 1.54) is 0 Å². The molecule has 1 aromatic heterocycles. The molecule has 0 aliphatic heterocycles. The second-order valence-electron chi connectivity index (χ2n) is 5.15. The van der Waals surface area contributed by atoms with Crippen molar-refractivity contribution in [2.24, 2.45) is 5.92 Å². The van der Waals surface area contributed by atoms with Crippen LogP contribution in [0.5, 0.6) is 5.75 Å². The van der Waals surface area contributed by atoms with Crippen LogP contribution in [0, 0.1) is 5.92 Å². The number of nitrogens with zero attached hydrogens (tertiary/aromatic N) is 2. The van der Waals surface area contributed by atoms with E-state index in [1.54, 1.807) is 7.11 Å². The number of hydrogen-bond acceptors (Lipinski definition) is 5. The molecule has 0 saturated heterocycles. The van der Waals surface area contributed by atoms with Crippen molar-refractivity contribution in [3.05, 3.63) is 41.5 Å². The van der Waals surface area contributed by atoms with Crippen LogP contribution in [0.15, 0.2) is 28.8 Å². The first-order chi connectivity index (χ1) is 9.58. The Kier molecular flexibility index (Phi) is 4.74. The maximum atomic E-state index is 9.80. The van der Waals surface area contributed by atoms with E-state index >= 15 is 0 Å². The molecule has 0 fully saturated rings. The van der Waals surface area contributed by atoms with Gasteiger partial charge in [-0.1, -0.05) is 31.1 Å². The molecule has 0 aliphatic rings. The summed E-state index contributed by atoms with van der Waals surface area (Å²) in [5, 5.41) is 13.7. The zero-order valence-corrected chi connectivity index (χ0v) is 12.0. The molecule has 0 bridgehead atoms. The number of benzene rings is 1. The van der Waals surface area contributed by atoms with Crippen molar-refractivity contribution in [3.8, 4) is 5.75 Å². The average Bonchev–Trinajstić information content (AvgIpc) is 2.86. The highest BCUT2D eigenvalue weighted by molar-refractivity contribution is 5.30. The molecule has 1 aromatic carbocycles. The first-order valence-corrected chi connectivity index (χ1v) is 6.71. The fourth-order valence-corrected chi connectivity index (χ4v) is 1.82. The molecule has 0 spiro atoms. The summed E-state index contributed by atoms with van der Waals surface area (Å²) in [4.78, 5) is 4.30. The molecule has 0 saturated carbocycles. The van der Waals surface area contributed by atoms with Crippen molar-refractivity contribution in [2.75, 3.05) is 7.11 Å². The summed E-state index contributed by atoms with van der Waals surface area (Å²) in [5.41, 5.74) is 1.06. The highest BCUT2D eigenvalue weighted by atomic mass is 16.5. The van der Waals surface area contributed by atoms with Gasteiger partial charge in [0, 0.05) is 6.42 Å². The Balaban J connectivity index is 2.02. The van der Waals surface area contributed by atoms with Gasteiger partial charge in [0.05, 0.1) is 19.6 Å². The number of methoxy groups -OCH3 is 1. The summed E-state index contributed by atoms with van der Waals surface area (Å²) in [7, 11) is 1.64. The summed E-state index contributed by atoms with van der Waals surface area (Å²) >= 11 is 0. The molecule has 0 aliphatic carbocycles. The van der Waals surface area contributed by atoms with Crippen LogP contribution in [0.1, 0.15) is 31.1 Å². The monoisotopic (exact) mass is 276 g/mol. The molecular weight excluding hydrogens is 256 g/mol. The molecule has 108 valence electrons. The molecule has 20 heavy (non-hydrogen) atoms. The summed E-state index contributed by atoms with van der Waals surface area (Å²) < 4.78 is 10.3. The van der Waals surface area contributed by atoms with Crippen molar-refractivity contribution in [3.63, 3.8) is 0 Å². The fourth-order valence-electron chi connectivity index (χ4n) is 1.82. The number of aliphatic hydroxyl groups excluding tert-OH is 1. The van der Waals surface area contributed by atoms with Gasteiger partial charge >= 0.3 is 0 Å². The van der Waals surface area contributed by atoms with E-state index < -0.39 is 6.10 Å². The normalized spacial score (nSPS) is 12.7. The topological polar surface area (TPSA) is 68.4 Å². The molecule has 1 N–H and O–H groups in total. The van der Waals surface area contributed by atoms with Crippen molar-refractivity contribution in [1.82, 2.24) is 10.1 Å².